The van der Waals surface area contributed by atoms with E-state index in [0.717, 1.165) is 33.4 Å². The van der Waals surface area contributed by atoms with E-state index in [1.54, 1.807) is 0 Å². The summed E-state index contributed by atoms with van der Waals surface area (Å²) in [6.07, 6.45) is 3.74. The van der Waals surface area contributed by atoms with Crippen LogP contribution < -0.4 is 0 Å². The molecule has 5 rings (SSSR count). The van der Waals surface area contributed by atoms with Crippen LogP contribution in [-0.4, -0.2) is 15.2 Å². The maximum Gasteiger partial charge on any atom is 0.248 e. The second kappa shape index (κ2) is 7.44. The zero-order valence-corrected chi connectivity index (χ0v) is 16.7. The van der Waals surface area contributed by atoms with E-state index in [9.17, 15) is 0 Å². The van der Waals surface area contributed by atoms with Crippen molar-refractivity contribution in [1.82, 2.24) is 15.2 Å². The van der Waals surface area contributed by atoms with E-state index in [1.165, 1.54) is 5.56 Å². The molecule has 5 heteroatoms. The highest BCUT2D eigenvalue weighted by atomic mass is 16.4. The summed E-state index contributed by atoms with van der Waals surface area (Å²) in [5.41, 5.74) is 6.87. The van der Waals surface area contributed by atoms with Crippen LogP contribution in [-0.2, 0) is 0 Å². The largest absolute Gasteiger partial charge is 0.436 e. The minimum atomic E-state index is 0.462. The lowest BCUT2D eigenvalue weighted by atomic mass is 10.1. The molecule has 146 valence electrons. The van der Waals surface area contributed by atoms with Crippen molar-refractivity contribution in [2.45, 2.75) is 13.8 Å². The van der Waals surface area contributed by atoms with Crippen LogP contribution in [0.4, 0.5) is 0 Å². The second-order valence-corrected chi connectivity index (χ2v) is 7.26. The standard InChI is InChI=1S/C25H19N3O2/c1-16-3-9-20(10-4-16)25-28-27-23(30-25)14-8-18-6-11-19(12-7-18)24-26-21-15-17(2)5-13-22(21)29-24/h3-15H,1-2H3/b14-8+. The molecule has 3 aromatic carbocycles. The Morgan fingerprint density at radius 3 is 2.17 bits per heavy atom. The Morgan fingerprint density at radius 2 is 1.37 bits per heavy atom. The molecular formula is C25H19N3O2. The normalized spacial score (nSPS) is 11.5. The molecule has 2 aromatic heterocycles. The number of aromatic nitrogens is 3. The van der Waals surface area contributed by atoms with Gasteiger partial charge in [0.05, 0.1) is 0 Å². The van der Waals surface area contributed by atoms with Gasteiger partial charge in [-0.25, -0.2) is 4.98 Å². The lowest BCUT2D eigenvalue weighted by molar-refractivity contribution is 0.558. The number of fused-ring (bicyclic) bond motifs is 1. The minimum absolute atomic E-state index is 0.462. The second-order valence-electron chi connectivity index (χ2n) is 7.26. The summed E-state index contributed by atoms with van der Waals surface area (Å²) in [5, 5.41) is 8.22. The van der Waals surface area contributed by atoms with Crippen molar-refractivity contribution in [1.29, 1.82) is 0 Å². The molecule has 0 aliphatic carbocycles. The summed E-state index contributed by atoms with van der Waals surface area (Å²) < 4.78 is 11.6. The van der Waals surface area contributed by atoms with Crippen LogP contribution in [0.1, 0.15) is 22.6 Å². The molecule has 2 heterocycles. The predicted octanol–water partition coefficient (Wildman–Crippen LogP) is 6.33. The van der Waals surface area contributed by atoms with Crippen molar-refractivity contribution in [3.8, 4) is 22.9 Å². The summed E-state index contributed by atoms with van der Waals surface area (Å²) in [6, 6.07) is 22.0. The minimum Gasteiger partial charge on any atom is -0.436 e. The average molecular weight is 393 g/mol. The van der Waals surface area contributed by atoms with E-state index in [1.807, 2.05) is 92.7 Å². The van der Waals surface area contributed by atoms with Crippen LogP contribution in [0.2, 0.25) is 0 Å². The molecule has 0 aliphatic heterocycles. The Balaban J connectivity index is 1.33. The monoisotopic (exact) mass is 393 g/mol. The van der Waals surface area contributed by atoms with E-state index < -0.39 is 0 Å². The Labute approximate surface area is 173 Å². The molecule has 0 saturated carbocycles. The molecular weight excluding hydrogens is 374 g/mol. The highest BCUT2D eigenvalue weighted by molar-refractivity contribution is 5.77. The molecule has 0 saturated heterocycles. The van der Waals surface area contributed by atoms with Gasteiger partial charge in [-0.05, 0) is 67.4 Å². The van der Waals surface area contributed by atoms with E-state index in [0.29, 0.717) is 17.7 Å². The van der Waals surface area contributed by atoms with Crippen molar-refractivity contribution >= 4 is 23.3 Å². The first-order chi connectivity index (χ1) is 14.6. The maximum atomic E-state index is 5.87. The third kappa shape index (κ3) is 3.65. The lowest BCUT2D eigenvalue weighted by Crippen LogP contribution is -1.78. The average Bonchev–Trinajstić information content (AvgIpc) is 3.40. The van der Waals surface area contributed by atoms with Crippen molar-refractivity contribution in [2.75, 3.05) is 0 Å². The SMILES string of the molecule is Cc1ccc(-c2nnc(/C=C/c3ccc(-c4nc5cc(C)ccc5o4)cc3)o2)cc1. The fraction of sp³-hybridized carbons (Fsp3) is 0.0800. The first kappa shape index (κ1) is 18.1. The van der Waals surface area contributed by atoms with Crippen LogP contribution in [0.25, 0.3) is 46.2 Å². The summed E-state index contributed by atoms with van der Waals surface area (Å²) >= 11 is 0. The summed E-state index contributed by atoms with van der Waals surface area (Å²) in [4.78, 5) is 4.59. The van der Waals surface area contributed by atoms with Gasteiger partial charge in [-0.3, -0.25) is 0 Å². The van der Waals surface area contributed by atoms with Crippen LogP contribution in [0.3, 0.4) is 0 Å². The number of rotatable bonds is 4. The molecule has 5 nitrogen and oxygen atoms in total. The number of oxazole rings is 1. The molecule has 0 aliphatic rings. The third-order valence-corrected chi connectivity index (χ3v) is 4.86. The molecule has 0 amide bonds. The quantitative estimate of drug-likeness (QED) is 0.357. The van der Waals surface area contributed by atoms with Crippen molar-refractivity contribution in [3.05, 3.63) is 89.3 Å². The molecule has 0 unspecified atom stereocenters. The van der Waals surface area contributed by atoms with Gasteiger partial charge in [0.25, 0.3) is 0 Å². The van der Waals surface area contributed by atoms with Crippen LogP contribution in [0, 0.1) is 13.8 Å². The van der Waals surface area contributed by atoms with Gasteiger partial charge < -0.3 is 8.83 Å². The van der Waals surface area contributed by atoms with Gasteiger partial charge in [0, 0.05) is 17.2 Å². The number of benzene rings is 3. The van der Waals surface area contributed by atoms with E-state index in [2.05, 4.69) is 15.2 Å². The van der Waals surface area contributed by atoms with Crippen molar-refractivity contribution < 1.29 is 8.83 Å². The summed E-state index contributed by atoms with van der Waals surface area (Å²) in [7, 11) is 0. The van der Waals surface area contributed by atoms with Gasteiger partial charge in [0.1, 0.15) is 5.52 Å². The first-order valence-corrected chi connectivity index (χ1v) is 9.70. The van der Waals surface area contributed by atoms with Crippen molar-refractivity contribution in [2.24, 2.45) is 0 Å². The van der Waals surface area contributed by atoms with Gasteiger partial charge in [0.2, 0.25) is 17.7 Å². The molecule has 0 bridgehead atoms. The van der Waals surface area contributed by atoms with Crippen LogP contribution >= 0.6 is 0 Å². The van der Waals surface area contributed by atoms with Gasteiger partial charge in [0.15, 0.2) is 5.58 Å². The number of aryl methyl sites for hydroxylation is 2. The van der Waals surface area contributed by atoms with Gasteiger partial charge in [-0.1, -0.05) is 35.9 Å². The zero-order chi connectivity index (χ0) is 20.5. The molecule has 0 fully saturated rings. The summed E-state index contributed by atoms with van der Waals surface area (Å²) in [6.45, 7) is 4.09. The molecule has 0 spiro atoms. The van der Waals surface area contributed by atoms with E-state index >= 15 is 0 Å². The predicted molar refractivity (Wildman–Crippen MR) is 118 cm³/mol. The Hall–Kier alpha value is -3.99. The number of hydrogen-bond acceptors (Lipinski definition) is 5. The number of hydrogen-bond donors (Lipinski definition) is 0. The van der Waals surface area contributed by atoms with E-state index in [-0.39, 0.29) is 0 Å². The van der Waals surface area contributed by atoms with Crippen LogP contribution in [0.5, 0.6) is 0 Å². The highest BCUT2D eigenvalue weighted by Gasteiger charge is 2.09. The maximum absolute atomic E-state index is 5.87. The Bertz CT molecular complexity index is 1340. The number of nitrogens with zero attached hydrogens (tertiary/aromatic N) is 3. The van der Waals surface area contributed by atoms with Crippen molar-refractivity contribution in [3.63, 3.8) is 0 Å². The fourth-order valence-corrected chi connectivity index (χ4v) is 3.18. The fourth-order valence-electron chi connectivity index (χ4n) is 3.18. The molecule has 30 heavy (non-hydrogen) atoms. The molecule has 5 aromatic rings. The van der Waals surface area contributed by atoms with Gasteiger partial charge in [-0.2, -0.15) is 0 Å². The van der Waals surface area contributed by atoms with Gasteiger partial charge in [-0.15, -0.1) is 10.2 Å². The Kier molecular flexibility index (Phi) is 4.48. The Morgan fingerprint density at radius 1 is 0.667 bits per heavy atom. The molecule has 0 radical (unpaired) electrons. The first-order valence-electron chi connectivity index (χ1n) is 9.70. The topological polar surface area (TPSA) is 65.0 Å². The van der Waals surface area contributed by atoms with Crippen LogP contribution in [0.15, 0.2) is 75.6 Å². The summed E-state index contributed by atoms with van der Waals surface area (Å²) in [5.74, 6) is 1.59. The molecule has 0 atom stereocenters. The lowest BCUT2D eigenvalue weighted by Gasteiger charge is -1.97. The van der Waals surface area contributed by atoms with Gasteiger partial charge >= 0.3 is 0 Å². The third-order valence-electron chi connectivity index (χ3n) is 4.86. The smallest absolute Gasteiger partial charge is 0.248 e. The highest BCUT2D eigenvalue weighted by Crippen LogP contribution is 2.25. The van der Waals surface area contributed by atoms with E-state index in [4.69, 9.17) is 8.83 Å². The molecule has 0 N–H and O–H groups in total. The zero-order valence-electron chi connectivity index (χ0n) is 16.7.